The van der Waals surface area contributed by atoms with Crippen LogP contribution < -0.4 is 4.74 Å². The molecular weight excluding hydrogens is 301 g/mol. The first-order valence-corrected chi connectivity index (χ1v) is 7.84. The normalized spacial score (nSPS) is 18.6. The largest absolute Gasteiger partial charge is 0.508 e. The van der Waals surface area contributed by atoms with Gasteiger partial charge in [0.05, 0.1) is 6.61 Å². The summed E-state index contributed by atoms with van der Waals surface area (Å²) in [4.78, 5) is 13.8. The lowest BCUT2D eigenvalue weighted by Crippen LogP contribution is -2.44. The highest BCUT2D eigenvalue weighted by atomic mass is 19.1. The smallest absolute Gasteiger partial charge is 0.410 e. The Hall–Kier alpha value is -1.98. The van der Waals surface area contributed by atoms with E-state index < -0.39 is 11.4 Å². The first-order chi connectivity index (χ1) is 10.7. The van der Waals surface area contributed by atoms with E-state index in [1.54, 1.807) is 4.90 Å². The summed E-state index contributed by atoms with van der Waals surface area (Å²) in [5, 5.41) is 9.19. The average Bonchev–Trinajstić information content (AvgIpc) is 2.45. The molecule has 0 spiro atoms. The summed E-state index contributed by atoms with van der Waals surface area (Å²) in [5.41, 5.74) is -0.518. The van der Waals surface area contributed by atoms with Crippen LogP contribution in [0.1, 0.15) is 33.6 Å². The van der Waals surface area contributed by atoms with Crippen molar-refractivity contribution >= 4 is 6.09 Å². The average molecular weight is 325 g/mol. The van der Waals surface area contributed by atoms with Gasteiger partial charge in [0.2, 0.25) is 0 Å². The van der Waals surface area contributed by atoms with Crippen molar-refractivity contribution < 1.29 is 23.8 Å². The highest BCUT2D eigenvalue weighted by Crippen LogP contribution is 2.24. The lowest BCUT2D eigenvalue weighted by molar-refractivity contribution is 0.0138. The van der Waals surface area contributed by atoms with Crippen molar-refractivity contribution in [3.63, 3.8) is 0 Å². The molecule has 5 nitrogen and oxygen atoms in total. The van der Waals surface area contributed by atoms with Crippen LogP contribution in [0, 0.1) is 11.7 Å². The van der Waals surface area contributed by atoms with E-state index in [1.165, 1.54) is 12.1 Å². The Morgan fingerprint density at radius 3 is 2.83 bits per heavy atom. The van der Waals surface area contributed by atoms with E-state index in [9.17, 15) is 14.3 Å². The van der Waals surface area contributed by atoms with Crippen LogP contribution in [0.2, 0.25) is 0 Å². The maximum atomic E-state index is 13.6. The monoisotopic (exact) mass is 325 g/mol. The van der Waals surface area contributed by atoms with Gasteiger partial charge in [-0.2, -0.15) is 0 Å². The number of amides is 1. The van der Waals surface area contributed by atoms with Crippen molar-refractivity contribution in [2.75, 3.05) is 19.7 Å². The van der Waals surface area contributed by atoms with E-state index in [0.29, 0.717) is 19.7 Å². The number of piperidine rings is 1. The first kappa shape index (κ1) is 17.4. The van der Waals surface area contributed by atoms with Crippen molar-refractivity contribution in [1.29, 1.82) is 0 Å². The molecule has 1 aliphatic rings. The van der Waals surface area contributed by atoms with E-state index in [1.807, 2.05) is 20.8 Å². The van der Waals surface area contributed by atoms with Gasteiger partial charge in [-0.15, -0.1) is 0 Å². The van der Waals surface area contributed by atoms with E-state index in [0.717, 1.165) is 18.9 Å². The van der Waals surface area contributed by atoms with Gasteiger partial charge >= 0.3 is 6.09 Å². The molecule has 0 saturated carbocycles. The standard InChI is InChI=1S/C17H24FNO4/c1-17(2,3)23-16(21)19-8-4-5-12(10-19)11-22-15-7-6-13(20)9-14(15)18/h6-7,9,12,20H,4-5,8,10-11H2,1-3H3. The number of phenolic OH excluding ortho intramolecular Hbond substituents is 1. The van der Waals surface area contributed by atoms with Crippen molar-refractivity contribution in [1.82, 2.24) is 4.90 Å². The SMILES string of the molecule is CC(C)(C)OC(=O)N1CCCC(COc2ccc(O)cc2F)C1. The van der Waals surface area contributed by atoms with Crippen LogP contribution >= 0.6 is 0 Å². The molecule has 1 aliphatic heterocycles. The molecular formula is C17H24FNO4. The quantitative estimate of drug-likeness (QED) is 0.923. The predicted octanol–water partition coefficient (Wildman–Crippen LogP) is 3.56. The number of hydrogen-bond donors (Lipinski definition) is 1. The van der Waals surface area contributed by atoms with Gasteiger partial charge in [-0.25, -0.2) is 9.18 Å². The van der Waals surface area contributed by atoms with E-state index >= 15 is 0 Å². The predicted molar refractivity (Wildman–Crippen MR) is 84.1 cm³/mol. The lowest BCUT2D eigenvalue weighted by Gasteiger charge is -2.34. The van der Waals surface area contributed by atoms with Gasteiger partial charge in [-0.3, -0.25) is 0 Å². The second-order valence-electron chi connectivity index (χ2n) is 6.86. The number of rotatable bonds is 3. The maximum absolute atomic E-state index is 13.6. The Kier molecular flexibility index (Phi) is 5.34. The second-order valence-corrected chi connectivity index (χ2v) is 6.86. The number of nitrogens with zero attached hydrogens (tertiary/aromatic N) is 1. The zero-order valence-electron chi connectivity index (χ0n) is 13.8. The molecule has 23 heavy (non-hydrogen) atoms. The molecule has 2 rings (SSSR count). The maximum Gasteiger partial charge on any atom is 0.410 e. The Morgan fingerprint density at radius 2 is 2.17 bits per heavy atom. The number of carbonyl (C=O) groups excluding carboxylic acids is 1. The van der Waals surface area contributed by atoms with E-state index in [-0.39, 0.29) is 23.5 Å². The minimum atomic E-state index is -0.593. The van der Waals surface area contributed by atoms with Crippen LogP contribution in [0.3, 0.4) is 0 Å². The molecule has 128 valence electrons. The number of carbonyl (C=O) groups is 1. The fourth-order valence-electron chi connectivity index (χ4n) is 2.51. The zero-order valence-corrected chi connectivity index (χ0v) is 13.8. The van der Waals surface area contributed by atoms with Gasteiger partial charge in [-0.05, 0) is 45.7 Å². The van der Waals surface area contributed by atoms with Crippen molar-refractivity contribution in [3.8, 4) is 11.5 Å². The summed E-state index contributed by atoms with van der Waals surface area (Å²) >= 11 is 0. The Bertz CT molecular complexity index is 556. The fourth-order valence-corrected chi connectivity index (χ4v) is 2.51. The molecule has 0 aliphatic carbocycles. The van der Waals surface area contributed by atoms with Crippen LogP contribution in [0.25, 0.3) is 0 Å². The molecule has 1 unspecified atom stereocenters. The molecule has 0 bridgehead atoms. The molecule has 6 heteroatoms. The molecule has 1 amide bonds. The summed E-state index contributed by atoms with van der Waals surface area (Å²) in [5.74, 6) is -0.491. The van der Waals surface area contributed by atoms with E-state index in [4.69, 9.17) is 9.47 Å². The third-order valence-corrected chi connectivity index (χ3v) is 3.56. The number of phenols is 1. The highest BCUT2D eigenvalue weighted by molar-refractivity contribution is 5.68. The molecule has 1 heterocycles. The zero-order chi connectivity index (χ0) is 17.0. The van der Waals surface area contributed by atoms with E-state index in [2.05, 4.69) is 0 Å². The first-order valence-electron chi connectivity index (χ1n) is 7.84. The van der Waals surface area contributed by atoms with Crippen LogP contribution in [-0.2, 0) is 4.74 Å². The molecule has 1 fully saturated rings. The summed E-state index contributed by atoms with van der Waals surface area (Å²) in [6.45, 7) is 7.03. The van der Waals surface area contributed by atoms with Gasteiger partial charge in [0, 0.05) is 25.1 Å². The van der Waals surface area contributed by atoms with Crippen LogP contribution in [-0.4, -0.2) is 41.4 Å². The van der Waals surface area contributed by atoms with Crippen LogP contribution in [0.5, 0.6) is 11.5 Å². The number of ether oxygens (including phenoxy) is 2. The molecule has 1 atom stereocenters. The number of aromatic hydroxyl groups is 1. The molecule has 1 saturated heterocycles. The molecule has 1 aromatic rings. The number of likely N-dealkylation sites (tertiary alicyclic amines) is 1. The Labute approximate surface area is 136 Å². The number of hydrogen-bond acceptors (Lipinski definition) is 4. The summed E-state index contributed by atoms with van der Waals surface area (Å²) in [6.07, 6.45) is 1.46. The molecule has 1 aromatic carbocycles. The Balaban J connectivity index is 1.87. The fraction of sp³-hybridized carbons (Fsp3) is 0.588. The molecule has 1 N–H and O–H groups in total. The van der Waals surface area contributed by atoms with Gasteiger partial charge in [0.15, 0.2) is 11.6 Å². The summed E-state index contributed by atoms with van der Waals surface area (Å²) in [6, 6.07) is 3.80. The third-order valence-electron chi connectivity index (χ3n) is 3.56. The topological polar surface area (TPSA) is 59.0 Å². The molecule has 0 radical (unpaired) electrons. The minimum absolute atomic E-state index is 0.109. The van der Waals surface area contributed by atoms with Gasteiger partial charge in [0.25, 0.3) is 0 Å². The van der Waals surface area contributed by atoms with Crippen LogP contribution in [0.15, 0.2) is 18.2 Å². The Morgan fingerprint density at radius 1 is 1.43 bits per heavy atom. The van der Waals surface area contributed by atoms with Gasteiger partial charge in [-0.1, -0.05) is 0 Å². The minimum Gasteiger partial charge on any atom is -0.508 e. The van der Waals surface area contributed by atoms with Gasteiger partial charge < -0.3 is 19.5 Å². The molecule has 0 aromatic heterocycles. The van der Waals surface area contributed by atoms with Crippen molar-refractivity contribution in [2.45, 2.75) is 39.2 Å². The van der Waals surface area contributed by atoms with Crippen molar-refractivity contribution in [3.05, 3.63) is 24.0 Å². The third kappa shape index (κ3) is 5.30. The summed E-state index contributed by atoms with van der Waals surface area (Å²) < 4.78 is 24.5. The summed E-state index contributed by atoms with van der Waals surface area (Å²) in [7, 11) is 0. The van der Waals surface area contributed by atoms with Crippen molar-refractivity contribution in [2.24, 2.45) is 5.92 Å². The second kappa shape index (κ2) is 7.06. The lowest BCUT2D eigenvalue weighted by atomic mass is 9.99. The van der Waals surface area contributed by atoms with Crippen LogP contribution in [0.4, 0.5) is 9.18 Å². The number of halogens is 1. The van der Waals surface area contributed by atoms with Gasteiger partial charge in [0.1, 0.15) is 11.4 Å². The number of benzene rings is 1. The highest BCUT2D eigenvalue weighted by Gasteiger charge is 2.28.